The van der Waals surface area contributed by atoms with E-state index in [9.17, 15) is 4.79 Å². The minimum absolute atomic E-state index is 0.454. The molecule has 0 aliphatic rings. The third-order valence-electron chi connectivity index (χ3n) is 3.09. The molecule has 2 aromatic heterocycles. The molecule has 3 nitrogen and oxygen atoms in total. The number of carbonyl (C=O) groups is 1. The van der Waals surface area contributed by atoms with Gasteiger partial charge in [-0.05, 0) is 29.8 Å². The van der Waals surface area contributed by atoms with E-state index in [0.29, 0.717) is 17.1 Å². The molecular formula is C15H10BrClN2O. The van der Waals surface area contributed by atoms with Crippen LogP contribution in [0.4, 0.5) is 0 Å². The van der Waals surface area contributed by atoms with Gasteiger partial charge in [0.25, 0.3) is 0 Å². The van der Waals surface area contributed by atoms with E-state index in [1.165, 1.54) is 0 Å². The Labute approximate surface area is 129 Å². The number of halogens is 2. The summed E-state index contributed by atoms with van der Waals surface area (Å²) >= 11 is 9.29. The van der Waals surface area contributed by atoms with E-state index in [0.717, 1.165) is 27.7 Å². The molecule has 0 bridgehead atoms. The lowest BCUT2D eigenvalue weighted by molar-refractivity contribution is 0.112. The lowest BCUT2D eigenvalue weighted by Gasteiger charge is -2.02. The molecule has 0 spiro atoms. The van der Waals surface area contributed by atoms with E-state index in [1.54, 1.807) is 0 Å². The Morgan fingerprint density at radius 3 is 2.70 bits per heavy atom. The van der Waals surface area contributed by atoms with Crippen molar-refractivity contribution >= 4 is 39.3 Å². The van der Waals surface area contributed by atoms with Gasteiger partial charge < -0.3 is 4.40 Å². The first-order valence-electron chi connectivity index (χ1n) is 6.03. The van der Waals surface area contributed by atoms with E-state index in [1.807, 2.05) is 47.0 Å². The van der Waals surface area contributed by atoms with Crippen molar-refractivity contribution in [1.82, 2.24) is 9.38 Å². The zero-order valence-electron chi connectivity index (χ0n) is 10.4. The number of fused-ring (bicyclic) bond motifs is 1. The Hall–Kier alpha value is -1.65. The number of carbonyl (C=O) groups excluding carboxylic acids is 1. The van der Waals surface area contributed by atoms with Gasteiger partial charge in [-0.2, -0.15) is 0 Å². The molecule has 0 saturated carbocycles. The number of aromatic nitrogens is 2. The van der Waals surface area contributed by atoms with Crippen molar-refractivity contribution < 1.29 is 4.79 Å². The van der Waals surface area contributed by atoms with Gasteiger partial charge in [0.2, 0.25) is 0 Å². The molecule has 0 atom stereocenters. The summed E-state index contributed by atoms with van der Waals surface area (Å²) in [4.78, 5) is 15.5. The highest BCUT2D eigenvalue weighted by Gasteiger charge is 2.11. The van der Waals surface area contributed by atoms with Crippen LogP contribution in [0.5, 0.6) is 0 Å². The molecule has 100 valence electrons. The molecule has 0 aliphatic carbocycles. The molecule has 5 heteroatoms. The third kappa shape index (κ3) is 2.49. The lowest BCUT2D eigenvalue weighted by atomic mass is 10.1. The van der Waals surface area contributed by atoms with Crippen LogP contribution in [-0.4, -0.2) is 15.7 Å². The van der Waals surface area contributed by atoms with E-state index in [-0.39, 0.29) is 0 Å². The number of imidazole rings is 1. The Bertz CT molecular complexity index is 780. The molecule has 3 rings (SSSR count). The first kappa shape index (κ1) is 13.3. The van der Waals surface area contributed by atoms with Crippen LogP contribution in [-0.2, 0) is 6.42 Å². The van der Waals surface area contributed by atoms with Crippen molar-refractivity contribution in [3.63, 3.8) is 0 Å². The maximum atomic E-state index is 11.1. The highest BCUT2D eigenvalue weighted by molar-refractivity contribution is 9.10. The fourth-order valence-corrected chi connectivity index (χ4v) is 2.60. The maximum absolute atomic E-state index is 11.1. The normalized spacial score (nSPS) is 10.9. The van der Waals surface area contributed by atoms with Crippen molar-refractivity contribution in [3.8, 4) is 0 Å². The molecule has 0 radical (unpaired) electrons. The van der Waals surface area contributed by atoms with Crippen molar-refractivity contribution in [3.05, 3.63) is 69.2 Å². The number of hydrogen-bond donors (Lipinski definition) is 0. The topological polar surface area (TPSA) is 34.4 Å². The molecule has 1 aromatic carbocycles. The SMILES string of the molecule is O=Cc1nc(Cc2ccc(Cl)cc2)n2ccc(Br)cc12. The van der Waals surface area contributed by atoms with Crippen molar-refractivity contribution in [2.24, 2.45) is 0 Å². The predicted molar refractivity (Wildman–Crippen MR) is 82.5 cm³/mol. The van der Waals surface area contributed by atoms with Crippen LogP contribution in [0.2, 0.25) is 5.02 Å². The lowest BCUT2D eigenvalue weighted by Crippen LogP contribution is -1.96. The van der Waals surface area contributed by atoms with Crippen LogP contribution in [0.1, 0.15) is 21.9 Å². The molecule has 0 saturated heterocycles. The number of aldehydes is 1. The van der Waals surface area contributed by atoms with E-state index in [4.69, 9.17) is 11.6 Å². The molecule has 0 fully saturated rings. The average molecular weight is 350 g/mol. The summed E-state index contributed by atoms with van der Waals surface area (Å²) < 4.78 is 2.86. The average Bonchev–Trinajstić information content (AvgIpc) is 2.78. The van der Waals surface area contributed by atoms with Gasteiger partial charge in [0.1, 0.15) is 11.5 Å². The van der Waals surface area contributed by atoms with Crippen molar-refractivity contribution in [2.45, 2.75) is 6.42 Å². The van der Waals surface area contributed by atoms with Crippen LogP contribution in [0.15, 0.2) is 47.1 Å². The minimum atomic E-state index is 0.454. The molecular weight excluding hydrogens is 340 g/mol. The molecule has 20 heavy (non-hydrogen) atoms. The van der Waals surface area contributed by atoms with Gasteiger partial charge in [-0.15, -0.1) is 0 Å². The second-order valence-electron chi connectivity index (χ2n) is 4.43. The van der Waals surface area contributed by atoms with Crippen LogP contribution in [0, 0.1) is 0 Å². The largest absolute Gasteiger partial charge is 0.303 e. The smallest absolute Gasteiger partial charge is 0.170 e. The first-order chi connectivity index (χ1) is 9.67. The monoisotopic (exact) mass is 348 g/mol. The van der Waals surface area contributed by atoms with Gasteiger partial charge in [0, 0.05) is 22.1 Å². The molecule has 3 aromatic rings. The van der Waals surface area contributed by atoms with Crippen molar-refractivity contribution in [2.75, 3.05) is 0 Å². The molecule has 2 heterocycles. The van der Waals surface area contributed by atoms with E-state index < -0.39 is 0 Å². The zero-order valence-corrected chi connectivity index (χ0v) is 12.7. The minimum Gasteiger partial charge on any atom is -0.303 e. The van der Waals surface area contributed by atoms with Crippen LogP contribution in [0.3, 0.4) is 0 Å². The Balaban J connectivity index is 2.07. The summed E-state index contributed by atoms with van der Waals surface area (Å²) in [6.45, 7) is 0. The second-order valence-corrected chi connectivity index (χ2v) is 5.79. The quantitative estimate of drug-likeness (QED) is 0.666. The van der Waals surface area contributed by atoms with Crippen LogP contribution >= 0.6 is 27.5 Å². The Morgan fingerprint density at radius 2 is 2.00 bits per heavy atom. The van der Waals surface area contributed by atoms with Gasteiger partial charge in [-0.25, -0.2) is 4.98 Å². The van der Waals surface area contributed by atoms with Crippen molar-refractivity contribution in [1.29, 1.82) is 0 Å². The number of nitrogens with zero attached hydrogens (tertiary/aromatic N) is 2. The van der Waals surface area contributed by atoms with Gasteiger partial charge in [0.05, 0.1) is 5.52 Å². The van der Waals surface area contributed by atoms with Gasteiger partial charge in [-0.1, -0.05) is 39.7 Å². The fraction of sp³-hybridized carbons (Fsp3) is 0.0667. The third-order valence-corrected chi connectivity index (χ3v) is 3.84. The Kier molecular flexibility index (Phi) is 3.59. The summed E-state index contributed by atoms with van der Waals surface area (Å²) in [5, 5.41) is 0.708. The maximum Gasteiger partial charge on any atom is 0.170 e. The van der Waals surface area contributed by atoms with Gasteiger partial charge in [0.15, 0.2) is 6.29 Å². The zero-order chi connectivity index (χ0) is 14.1. The molecule has 0 unspecified atom stereocenters. The summed E-state index contributed by atoms with van der Waals surface area (Å²) in [6.07, 6.45) is 3.34. The summed E-state index contributed by atoms with van der Waals surface area (Å²) in [5.41, 5.74) is 2.36. The Morgan fingerprint density at radius 1 is 1.25 bits per heavy atom. The second kappa shape index (κ2) is 5.38. The van der Waals surface area contributed by atoms with Crippen LogP contribution < -0.4 is 0 Å². The van der Waals surface area contributed by atoms with Gasteiger partial charge >= 0.3 is 0 Å². The van der Waals surface area contributed by atoms with Gasteiger partial charge in [-0.3, -0.25) is 4.79 Å². The van der Waals surface area contributed by atoms with E-state index >= 15 is 0 Å². The molecule has 0 amide bonds. The molecule has 0 N–H and O–H groups in total. The summed E-state index contributed by atoms with van der Waals surface area (Å²) in [7, 11) is 0. The summed E-state index contributed by atoms with van der Waals surface area (Å²) in [5.74, 6) is 0.830. The standard InChI is InChI=1S/C15H10BrClN2O/c16-11-5-6-19-14(8-11)13(9-20)18-15(19)7-10-1-3-12(17)4-2-10/h1-6,8-9H,7H2. The van der Waals surface area contributed by atoms with E-state index in [2.05, 4.69) is 20.9 Å². The molecule has 0 aliphatic heterocycles. The highest BCUT2D eigenvalue weighted by Crippen LogP contribution is 2.20. The summed E-state index contributed by atoms with van der Waals surface area (Å²) in [6, 6.07) is 11.4. The highest BCUT2D eigenvalue weighted by atomic mass is 79.9. The number of benzene rings is 1. The number of rotatable bonds is 3. The predicted octanol–water partition coefficient (Wildman–Crippen LogP) is 4.15. The first-order valence-corrected chi connectivity index (χ1v) is 7.20. The number of hydrogen-bond acceptors (Lipinski definition) is 2. The fourth-order valence-electron chi connectivity index (χ4n) is 2.14. The van der Waals surface area contributed by atoms with Crippen LogP contribution in [0.25, 0.3) is 5.52 Å². The number of pyridine rings is 1.